The highest BCUT2D eigenvalue weighted by Gasteiger charge is 2.55. The predicted molar refractivity (Wildman–Crippen MR) is 158 cm³/mol. The van der Waals surface area contributed by atoms with Crippen LogP contribution in [0.4, 0.5) is 0 Å². The normalized spacial score (nSPS) is 27.3. The molecule has 1 aromatic rings. The molecule has 45 heavy (non-hydrogen) atoms. The highest BCUT2D eigenvalue weighted by atomic mass is 32.2. The fraction of sp³-hybridized carbons (Fsp3) is 0.548. The molecule has 2 fully saturated rings. The van der Waals surface area contributed by atoms with Crippen LogP contribution < -0.4 is 5.14 Å². The molecule has 2 N–H and O–H groups in total. The Balaban J connectivity index is 1.55. The van der Waals surface area contributed by atoms with E-state index in [0.29, 0.717) is 17.5 Å². The average Bonchev–Trinajstić information content (AvgIpc) is 3.40. The Labute approximate surface area is 262 Å². The fourth-order valence-corrected chi connectivity index (χ4v) is 7.09. The standard InChI is InChI=1S/C31H39N3O10S/c1-33-16-7-11-24(33)15-17-34-26-19-22-10-5-6-12-25(22)31(34,42-28(36)14-13-27(35)41-26)43-29(37)20-23(30(38)44-45(32,39)40)18-21-8-3-2-4-9-21/h5-6,10,12-14,20-21,24,26H,2-4,7-9,11,15-19H2,1H3,(H2,32,39,40)/b14-13+,23-20+/t24-,26?,31?/m0/s1. The van der Waals surface area contributed by atoms with Crippen molar-refractivity contribution in [2.75, 3.05) is 20.1 Å². The first-order valence-electron chi connectivity index (χ1n) is 15.3. The van der Waals surface area contributed by atoms with Gasteiger partial charge in [-0.05, 0) is 56.8 Å². The van der Waals surface area contributed by atoms with Crippen LogP contribution in [0.25, 0.3) is 0 Å². The molecule has 2 unspecified atom stereocenters. The summed E-state index contributed by atoms with van der Waals surface area (Å²) in [6.07, 6.45) is 9.07. The van der Waals surface area contributed by atoms with Crippen LogP contribution >= 0.6 is 0 Å². The van der Waals surface area contributed by atoms with E-state index < -0.39 is 46.3 Å². The number of hydrogen-bond acceptors (Lipinski definition) is 12. The number of benzene rings is 1. The van der Waals surface area contributed by atoms with Gasteiger partial charge in [-0.3, -0.25) is 0 Å². The van der Waals surface area contributed by atoms with Gasteiger partial charge in [0.05, 0.1) is 5.56 Å². The maximum absolute atomic E-state index is 13.8. The summed E-state index contributed by atoms with van der Waals surface area (Å²) in [4.78, 5) is 56.3. The highest BCUT2D eigenvalue weighted by Crippen LogP contribution is 2.43. The average molecular weight is 646 g/mol. The van der Waals surface area contributed by atoms with Crippen LogP contribution in [-0.2, 0) is 60.2 Å². The quantitative estimate of drug-likeness (QED) is 0.307. The van der Waals surface area contributed by atoms with Crippen molar-refractivity contribution in [2.45, 2.75) is 82.4 Å². The number of likely N-dealkylation sites (tertiary alicyclic amines) is 1. The van der Waals surface area contributed by atoms with Gasteiger partial charge in [0.15, 0.2) is 6.23 Å². The third kappa shape index (κ3) is 7.98. The van der Waals surface area contributed by atoms with Gasteiger partial charge >= 0.3 is 40.1 Å². The zero-order valence-electron chi connectivity index (χ0n) is 25.2. The highest BCUT2D eigenvalue weighted by molar-refractivity contribution is 7.84. The molecule has 3 aliphatic heterocycles. The van der Waals surface area contributed by atoms with Crippen molar-refractivity contribution in [3.63, 3.8) is 0 Å². The number of rotatable bonds is 9. The van der Waals surface area contributed by atoms with Gasteiger partial charge in [-0.1, -0.05) is 50.3 Å². The maximum Gasteiger partial charge on any atom is 0.382 e. The predicted octanol–water partition coefficient (Wildman–Crippen LogP) is 2.31. The van der Waals surface area contributed by atoms with Gasteiger partial charge < -0.3 is 23.3 Å². The van der Waals surface area contributed by atoms with Crippen molar-refractivity contribution < 1.29 is 46.0 Å². The largest absolute Gasteiger partial charge is 0.443 e. The monoisotopic (exact) mass is 645 g/mol. The van der Waals surface area contributed by atoms with Crippen LogP contribution in [0, 0.1) is 5.92 Å². The second-order valence-electron chi connectivity index (χ2n) is 12.0. The van der Waals surface area contributed by atoms with E-state index in [1.165, 1.54) is 0 Å². The lowest BCUT2D eigenvalue weighted by molar-refractivity contribution is -0.324. The third-order valence-corrected chi connectivity index (χ3v) is 9.30. The Morgan fingerprint density at radius 3 is 2.51 bits per heavy atom. The molecule has 1 aromatic carbocycles. The Morgan fingerprint density at radius 2 is 1.80 bits per heavy atom. The summed E-state index contributed by atoms with van der Waals surface area (Å²) in [7, 11) is -2.64. The third-order valence-electron chi connectivity index (χ3n) is 8.92. The number of esters is 3. The topological polar surface area (TPSA) is 172 Å². The summed E-state index contributed by atoms with van der Waals surface area (Å²) < 4.78 is 45.5. The number of fused-ring (bicyclic) bond motifs is 4. The lowest BCUT2D eigenvalue weighted by Crippen LogP contribution is -2.61. The lowest BCUT2D eigenvalue weighted by Gasteiger charge is -2.48. The van der Waals surface area contributed by atoms with Crippen LogP contribution in [0.3, 0.4) is 0 Å². The Bertz CT molecular complexity index is 1490. The molecule has 0 aromatic heterocycles. The Morgan fingerprint density at radius 1 is 1.07 bits per heavy atom. The van der Waals surface area contributed by atoms with Gasteiger partial charge in [-0.15, -0.1) is 0 Å². The first-order chi connectivity index (χ1) is 21.4. The number of carbonyl (C=O) groups is 4. The molecule has 0 radical (unpaired) electrons. The second-order valence-corrected chi connectivity index (χ2v) is 13.2. The minimum atomic E-state index is -4.66. The molecule has 3 atom stereocenters. The van der Waals surface area contributed by atoms with Crippen molar-refractivity contribution in [1.29, 1.82) is 0 Å². The van der Waals surface area contributed by atoms with Crippen molar-refractivity contribution in [2.24, 2.45) is 11.1 Å². The SMILES string of the molecule is CN1CCC[C@H]1CCN1C2Cc3ccccc3C1(OC(=O)/C=C(\CC1CCCCC1)C(=O)OS(N)(=O)=O)OC(=O)/C=C/C(=O)O2. The molecule has 0 amide bonds. The maximum atomic E-state index is 13.8. The fourth-order valence-electron chi connectivity index (χ4n) is 6.78. The molecular weight excluding hydrogens is 606 g/mol. The Hall–Kier alpha value is -3.59. The molecule has 4 aliphatic rings. The molecule has 2 bridgehead atoms. The summed E-state index contributed by atoms with van der Waals surface area (Å²) in [6.45, 7) is 1.14. The van der Waals surface area contributed by atoms with E-state index in [2.05, 4.69) is 9.08 Å². The molecule has 244 valence electrons. The van der Waals surface area contributed by atoms with Crippen molar-refractivity contribution in [3.05, 3.63) is 59.2 Å². The van der Waals surface area contributed by atoms with Gasteiger partial charge in [0, 0.05) is 42.8 Å². The van der Waals surface area contributed by atoms with Crippen LogP contribution in [0.15, 0.2) is 48.1 Å². The number of nitrogens with two attached hydrogens (primary N) is 1. The molecule has 13 nitrogen and oxygen atoms in total. The van der Waals surface area contributed by atoms with Gasteiger partial charge in [0.1, 0.15) is 0 Å². The Kier molecular flexibility index (Phi) is 10.1. The summed E-state index contributed by atoms with van der Waals surface area (Å²) >= 11 is 0. The number of carbonyl (C=O) groups excluding carboxylic acids is 4. The summed E-state index contributed by atoms with van der Waals surface area (Å²) in [5.41, 5.74) is 0.730. The lowest BCUT2D eigenvalue weighted by atomic mass is 9.84. The zero-order valence-corrected chi connectivity index (χ0v) is 26.0. The van der Waals surface area contributed by atoms with E-state index in [4.69, 9.17) is 19.3 Å². The number of ether oxygens (including phenoxy) is 3. The molecule has 1 saturated heterocycles. The summed E-state index contributed by atoms with van der Waals surface area (Å²) in [5.74, 6) is -6.27. The molecule has 1 aliphatic carbocycles. The molecule has 1 saturated carbocycles. The van der Waals surface area contributed by atoms with E-state index in [9.17, 15) is 27.6 Å². The van der Waals surface area contributed by atoms with E-state index in [1.807, 2.05) is 7.05 Å². The van der Waals surface area contributed by atoms with Gasteiger partial charge in [-0.25, -0.2) is 19.2 Å². The van der Waals surface area contributed by atoms with E-state index in [-0.39, 0.29) is 36.9 Å². The first kappa shape index (κ1) is 32.8. The molecule has 5 rings (SSSR count). The van der Waals surface area contributed by atoms with Gasteiger partial charge in [0.2, 0.25) is 0 Å². The van der Waals surface area contributed by atoms with Gasteiger partial charge in [0.25, 0.3) is 0 Å². The van der Waals surface area contributed by atoms with Gasteiger partial charge in [-0.2, -0.15) is 18.5 Å². The van der Waals surface area contributed by atoms with E-state index >= 15 is 0 Å². The van der Waals surface area contributed by atoms with Crippen LogP contribution in [0.5, 0.6) is 0 Å². The summed E-state index contributed by atoms with van der Waals surface area (Å²) in [6, 6.07) is 7.08. The molecule has 0 spiro atoms. The minimum absolute atomic E-state index is 0.0101. The molecule has 3 heterocycles. The first-order valence-corrected chi connectivity index (χ1v) is 16.8. The summed E-state index contributed by atoms with van der Waals surface area (Å²) in [5, 5.41) is 4.96. The van der Waals surface area contributed by atoms with Crippen molar-refractivity contribution in [3.8, 4) is 0 Å². The van der Waals surface area contributed by atoms with E-state index in [0.717, 1.165) is 69.7 Å². The van der Waals surface area contributed by atoms with Crippen molar-refractivity contribution >= 4 is 34.2 Å². The smallest absolute Gasteiger partial charge is 0.382 e. The van der Waals surface area contributed by atoms with Crippen LogP contribution in [-0.4, -0.2) is 74.5 Å². The van der Waals surface area contributed by atoms with Crippen LogP contribution in [0.1, 0.15) is 68.9 Å². The van der Waals surface area contributed by atoms with Crippen molar-refractivity contribution in [1.82, 2.24) is 9.80 Å². The van der Waals surface area contributed by atoms with Crippen LogP contribution in [0.2, 0.25) is 0 Å². The minimum Gasteiger partial charge on any atom is -0.443 e. The number of hydrogen-bond donors (Lipinski definition) is 1. The van der Waals surface area contributed by atoms with E-state index in [1.54, 1.807) is 29.2 Å². The zero-order chi connectivity index (χ0) is 32.2. The second kappa shape index (κ2) is 13.8. The molecule has 14 heteroatoms. The number of nitrogens with zero attached hydrogens (tertiary/aromatic N) is 2. The molecular formula is C31H39N3O10S.